The zero-order valence-electron chi connectivity index (χ0n) is 9.63. The summed E-state index contributed by atoms with van der Waals surface area (Å²) in [6.07, 6.45) is 0.742. The number of nitrogens with zero attached hydrogens (tertiary/aromatic N) is 1. The number of hydrogen-bond acceptors (Lipinski definition) is 3. The van der Waals surface area contributed by atoms with Crippen LogP contribution >= 0.6 is 11.3 Å². The Morgan fingerprint density at radius 1 is 1.44 bits per heavy atom. The molecule has 2 aromatic rings. The van der Waals surface area contributed by atoms with Gasteiger partial charge in [0.05, 0.1) is 5.69 Å². The topological polar surface area (TPSA) is 45.8 Å². The van der Waals surface area contributed by atoms with E-state index in [1.807, 2.05) is 32.2 Å². The van der Waals surface area contributed by atoms with Gasteiger partial charge in [0.1, 0.15) is 5.82 Å². The van der Waals surface area contributed by atoms with Crippen LogP contribution in [0.4, 0.5) is 0 Å². The monoisotopic (exact) mass is 234 g/mol. The van der Waals surface area contributed by atoms with Crippen molar-refractivity contribution < 1.29 is 0 Å². The summed E-state index contributed by atoms with van der Waals surface area (Å²) < 4.78 is 0. The molecule has 0 fully saturated rings. The summed E-state index contributed by atoms with van der Waals surface area (Å²) in [5, 5.41) is 2.03. The van der Waals surface area contributed by atoms with Gasteiger partial charge in [-0.3, -0.25) is 4.79 Å². The number of aryl methyl sites for hydroxylation is 2. The fourth-order valence-corrected chi connectivity index (χ4v) is 2.34. The molecule has 16 heavy (non-hydrogen) atoms. The van der Waals surface area contributed by atoms with Crippen molar-refractivity contribution in [2.45, 2.75) is 27.2 Å². The van der Waals surface area contributed by atoms with Crippen molar-refractivity contribution in [2.24, 2.45) is 0 Å². The average Bonchev–Trinajstić information content (AvgIpc) is 2.68. The molecule has 4 heteroatoms. The van der Waals surface area contributed by atoms with E-state index in [1.165, 1.54) is 4.88 Å². The number of rotatable bonds is 2. The van der Waals surface area contributed by atoms with E-state index in [0.29, 0.717) is 5.56 Å². The highest BCUT2D eigenvalue weighted by atomic mass is 32.1. The Labute approximate surface area is 98.2 Å². The van der Waals surface area contributed by atoms with Gasteiger partial charge < -0.3 is 4.98 Å². The van der Waals surface area contributed by atoms with Crippen LogP contribution in [0.15, 0.2) is 16.2 Å². The van der Waals surface area contributed by atoms with Gasteiger partial charge in [0.25, 0.3) is 5.56 Å². The summed E-state index contributed by atoms with van der Waals surface area (Å²) in [4.78, 5) is 20.2. The first-order valence-corrected chi connectivity index (χ1v) is 6.15. The Bertz CT molecular complexity index is 569. The molecule has 0 radical (unpaired) electrons. The predicted octanol–water partition coefficient (Wildman–Crippen LogP) is 2.68. The van der Waals surface area contributed by atoms with Crippen molar-refractivity contribution in [3.05, 3.63) is 38.1 Å². The van der Waals surface area contributed by atoms with Crippen molar-refractivity contribution in [1.82, 2.24) is 9.97 Å². The number of nitrogens with one attached hydrogen (secondary N) is 1. The number of H-pyrrole nitrogens is 1. The first kappa shape index (κ1) is 11.1. The van der Waals surface area contributed by atoms with Crippen molar-refractivity contribution >= 4 is 11.3 Å². The van der Waals surface area contributed by atoms with Crippen molar-refractivity contribution in [1.29, 1.82) is 0 Å². The van der Waals surface area contributed by atoms with Gasteiger partial charge >= 0.3 is 0 Å². The summed E-state index contributed by atoms with van der Waals surface area (Å²) in [5.74, 6) is 0.746. The minimum atomic E-state index is -0.0348. The van der Waals surface area contributed by atoms with Crippen LogP contribution < -0.4 is 5.56 Å². The molecule has 0 amide bonds. The molecule has 0 spiro atoms. The third-order valence-corrected chi connectivity index (χ3v) is 3.49. The van der Waals surface area contributed by atoms with Gasteiger partial charge in [-0.25, -0.2) is 4.98 Å². The average molecular weight is 234 g/mol. The zero-order chi connectivity index (χ0) is 11.7. The number of aromatic amines is 1. The fourth-order valence-electron chi connectivity index (χ4n) is 1.64. The van der Waals surface area contributed by atoms with Gasteiger partial charge in [-0.05, 0) is 25.3 Å². The molecule has 0 aromatic carbocycles. The van der Waals surface area contributed by atoms with E-state index < -0.39 is 0 Å². The largest absolute Gasteiger partial charge is 0.310 e. The molecular formula is C12H14N2OS. The standard InChI is InChI=1S/C12H14N2OS/c1-4-10-13-11(7(2)12(15)14-10)9-5-6-16-8(9)3/h5-6H,4H2,1-3H3,(H,13,14,15). The quantitative estimate of drug-likeness (QED) is 0.868. The van der Waals surface area contributed by atoms with Gasteiger partial charge in [0.2, 0.25) is 0 Å². The lowest BCUT2D eigenvalue weighted by atomic mass is 10.1. The molecule has 0 aliphatic rings. The molecule has 1 N–H and O–H groups in total. The number of thiophene rings is 1. The summed E-state index contributed by atoms with van der Waals surface area (Å²) >= 11 is 1.68. The van der Waals surface area contributed by atoms with Crippen LogP contribution in [0, 0.1) is 13.8 Å². The lowest BCUT2D eigenvalue weighted by Crippen LogP contribution is -2.15. The highest BCUT2D eigenvalue weighted by molar-refractivity contribution is 7.10. The molecule has 2 heterocycles. The minimum absolute atomic E-state index is 0.0348. The number of hydrogen-bond donors (Lipinski definition) is 1. The van der Waals surface area contributed by atoms with Gasteiger partial charge in [0, 0.05) is 22.4 Å². The molecule has 0 saturated carbocycles. The lowest BCUT2D eigenvalue weighted by Gasteiger charge is -2.05. The van der Waals surface area contributed by atoms with Crippen molar-refractivity contribution in [3.63, 3.8) is 0 Å². The first-order valence-electron chi connectivity index (χ1n) is 5.27. The summed E-state index contributed by atoms with van der Waals surface area (Å²) in [7, 11) is 0. The molecule has 3 nitrogen and oxygen atoms in total. The van der Waals surface area contributed by atoms with Crippen LogP contribution in [0.1, 0.15) is 23.2 Å². The maximum Gasteiger partial charge on any atom is 0.254 e. The Morgan fingerprint density at radius 3 is 2.75 bits per heavy atom. The molecular weight excluding hydrogens is 220 g/mol. The van der Waals surface area contributed by atoms with Crippen LogP contribution in [0.5, 0.6) is 0 Å². The molecule has 0 atom stereocenters. The van der Waals surface area contributed by atoms with Gasteiger partial charge in [-0.1, -0.05) is 6.92 Å². The summed E-state index contributed by atoms with van der Waals surface area (Å²) in [6.45, 7) is 5.85. The Morgan fingerprint density at radius 2 is 2.19 bits per heavy atom. The molecule has 2 aromatic heterocycles. The SMILES string of the molecule is CCc1nc(-c2ccsc2C)c(C)c(=O)[nH]1. The second-order valence-corrected chi connectivity index (χ2v) is 4.85. The molecule has 0 aliphatic heterocycles. The molecule has 0 unspecified atom stereocenters. The Hall–Kier alpha value is -1.42. The maximum absolute atomic E-state index is 11.7. The zero-order valence-corrected chi connectivity index (χ0v) is 10.4. The summed E-state index contributed by atoms with van der Waals surface area (Å²) in [5.41, 5.74) is 2.55. The van der Waals surface area contributed by atoms with E-state index in [2.05, 4.69) is 9.97 Å². The third kappa shape index (κ3) is 1.80. The van der Waals surface area contributed by atoms with E-state index in [4.69, 9.17) is 0 Å². The van der Waals surface area contributed by atoms with Crippen molar-refractivity contribution in [3.8, 4) is 11.3 Å². The van der Waals surface area contributed by atoms with Gasteiger partial charge in [-0.2, -0.15) is 0 Å². The second kappa shape index (κ2) is 4.22. The smallest absolute Gasteiger partial charge is 0.254 e. The maximum atomic E-state index is 11.7. The Balaban J connectivity index is 2.69. The van der Waals surface area contributed by atoms with Gasteiger partial charge in [-0.15, -0.1) is 11.3 Å². The van der Waals surface area contributed by atoms with E-state index in [9.17, 15) is 4.79 Å². The molecule has 0 saturated heterocycles. The predicted molar refractivity (Wildman–Crippen MR) is 67.0 cm³/mol. The van der Waals surface area contributed by atoms with Crippen LogP contribution in [-0.2, 0) is 6.42 Å². The molecule has 0 aliphatic carbocycles. The molecule has 2 rings (SSSR count). The van der Waals surface area contributed by atoms with Crippen LogP contribution in [0.3, 0.4) is 0 Å². The normalized spacial score (nSPS) is 10.7. The molecule has 0 bridgehead atoms. The van der Waals surface area contributed by atoms with E-state index in [0.717, 1.165) is 23.5 Å². The van der Waals surface area contributed by atoms with Crippen LogP contribution in [-0.4, -0.2) is 9.97 Å². The Kier molecular flexibility index (Phi) is 2.92. The van der Waals surface area contributed by atoms with Crippen LogP contribution in [0.25, 0.3) is 11.3 Å². The first-order chi connectivity index (χ1) is 7.63. The highest BCUT2D eigenvalue weighted by Gasteiger charge is 2.11. The highest BCUT2D eigenvalue weighted by Crippen LogP contribution is 2.26. The number of aromatic nitrogens is 2. The second-order valence-electron chi connectivity index (χ2n) is 3.73. The van der Waals surface area contributed by atoms with E-state index >= 15 is 0 Å². The van der Waals surface area contributed by atoms with E-state index in [1.54, 1.807) is 11.3 Å². The van der Waals surface area contributed by atoms with E-state index in [-0.39, 0.29) is 5.56 Å². The molecule has 84 valence electrons. The summed E-state index contributed by atoms with van der Waals surface area (Å²) in [6, 6.07) is 2.02. The van der Waals surface area contributed by atoms with Gasteiger partial charge in [0.15, 0.2) is 0 Å². The third-order valence-electron chi connectivity index (χ3n) is 2.65. The van der Waals surface area contributed by atoms with Crippen molar-refractivity contribution in [2.75, 3.05) is 0 Å². The lowest BCUT2D eigenvalue weighted by molar-refractivity contribution is 0.912. The minimum Gasteiger partial charge on any atom is -0.310 e. The van der Waals surface area contributed by atoms with Crippen LogP contribution in [0.2, 0.25) is 0 Å². The fraction of sp³-hybridized carbons (Fsp3) is 0.333.